The van der Waals surface area contributed by atoms with Crippen LogP contribution in [-0.4, -0.2) is 48.3 Å². The molecule has 0 saturated carbocycles. The third-order valence-electron chi connectivity index (χ3n) is 3.47. The second kappa shape index (κ2) is 10.6. The zero-order valence-corrected chi connectivity index (χ0v) is 16.5. The van der Waals surface area contributed by atoms with Crippen molar-refractivity contribution in [3.05, 3.63) is 23.8 Å². The lowest BCUT2D eigenvalue weighted by molar-refractivity contribution is -0.149. The molecular formula is C17H26ClN3O6. The van der Waals surface area contributed by atoms with E-state index in [1.165, 1.54) is 33.1 Å². The number of ether oxygens (including phenoxy) is 2. The first-order valence-corrected chi connectivity index (χ1v) is 8.04. The van der Waals surface area contributed by atoms with E-state index < -0.39 is 29.6 Å². The summed E-state index contributed by atoms with van der Waals surface area (Å²) < 4.78 is 9.62. The topological polar surface area (TPSA) is 140 Å². The fraction of sp³-hybridized carbons (Fsp3) is 0.471. The Hall–Kier alpha value is -2.52. The molecule has 0 fully saturated rings. The summed E-state index contributed by atoms with van der Waals surface area (Å²) in [6.45, 7) is 5.11. The van der Waals surface area contributed by atoms with Gasteiger partial charge in [0.05, 0.1) is 13.2 Å². The lowest BCUT2D eigenvalue weighted by atomic mass is 10.0. The molecule has 0 bridgehead atoms. The highest BCUT2D eigenvalue weighted by Gasteiger charge is 2.32. The van der Waals surface area contributed by atoms with Crippen molar-refractivity contribution in [2.45, 2.75) is 38.8 Å². The summed E-state index contributed by atoms with van der Waals surface area (Å²) >= 11 is 0. The van der Waals surface area contributed by atoms with Crippen LogP contribution < -0.4 is 21.1 Å². The first-order chi connectivity index (χ1) is 12.1. The Morgan fingerprint density at radius 3 is 2.48 bits per heavy atom. The van der Waals surface area contributed by atoms with Crippen molar-refractivity contribution in [1.82, 2.24) is 10.6 Å². The average molecular weight is 404 g/mol. The van der Waals surface area contributed by atoms with Gasteiger partial charge in [-0.05, 0) is 44.9 Å². The van der Waals surface area contributed by atoms with Crippen LogP contribution in [0.5, 0.6) is 11.5 Å². The van der Waals surface area contributed by atoms with Gasteiger partial charge < -0.3 is 30.9 Å². The summed E-state index contributed by atoms with van der Waals surface area (Å²) in [5, 5.41) is 14.7. The number of rotatable bonds is 7. The first-order valence-electron chi connectivity index (χ1n) is 8.04. The second-order valence-electron chi connectivity index (χ2n) is 6.14. The Kier molecular flexibility index (Phi) is 9.60. The van der Waals surface area contributed by atoms with E-state index in [9.17, 15) is 19.5 Å². The molecule has 152 valence electrons. The minimum Gasteiger partial charge on any atom is -0.504 e. The molecule has 0 heterocycles. The Bertz CT molecular complexity index is 681. The number of aromatic hydroxyl groups is 1. The molecule has 1 rings (SSSR count). The van der Waals surface area contributed by atoms with Gasteiger partial charge in [0.2, 0.25) is 5.91 Å². The molecule has 1 atom stereocenters. The fourth-order valence-corrected chi connectivity index (χ4v) is 2.10. The Morgan fingerprint density at radius 1 is 1.30 bits per heavy atom. The Labute approximate surface area is 164 Å². The molecule has 0 radical (unpaired) electrons. The van der Waals surface area contributed by atoms with E-state index in [2.05, 4.69) is 15.4 Å². The molecule has 0 aliphatic heterocycles. The maximum atomic E-state index is 12.2. The van der Waals surface area contributed by atoms with Crippen molar-refractivity contribution in [3.8, 4) is 11.5 Å². The van der Waals surface area contributed by atoms with E-state index in [1.54, 1.807) is 13.0 Å². The molecule has 0 aliphatic carbocycles. The predicted molar refractivity (Wildman–Crippen MR) is 101 cm³/mol. The molecule has 10 heteroatoms. The van der Waals surface area contributed by atoms with E-state index in [-0.39, 0.29) is 30.3 Å². The van der Waals surface area contributed by atoms with Crippen LogP contribution in [0.4, 0.5) is 4.79 Å². The van der Waals surface area contributed by atoms with Crippen LogP contribution in [0.2, 0.25) is 0 Å². The van der Waals surface area contributed by atoms with E-state index in [0.29, 0.717) is 12.1 Å². The van der Waals surface area contributed by atoms with Gasteiger partial charge >= 0.3 is 12.1 Å². The van der Waals surface area contributed by atoms with E-state index in [0.717, 1.165) is 0 Å². The third-order valence-corrected chi connectivity index (χ3v) is 3.47. The van der Waals surface area contributed by atoms with Crippen LogP contribution in [-0.2, 0) is 20.7 Å². The summed E-state index contributed by atoms with van der Waals surface area (Å²) in [7, 11) is 1.23. The number of nitrogens with one attached hydrogen (secondary N) is 2. The third kappa shape index (κ3) is 7.32. The standard InChI is InChI=1S/C17H25N3O6.ClH/c1-5-19-16(24)26-13-9-10(6-7-12(13)21)8-11(18)14(22)20-17(2,3)15(23)25-4;/h6-7,9,11,21H,5,8,18H2,1-4H3,(H,19,24)(H,20,22);1H/t11-;/m0./s1. The molecule has 0 spiro atoms. The van der Waals surface area contributed by atoms with E-state index >= 15 is 0 Å². The summed E-state index contributed by atoms with van der Waals surface area (Å²) in [5.74, 6) is -1.40. The quantitative estimate of drug-likeness (QED) is 0.495. The lowest BCUT2D eigenvalue weighted by Gasteiger charge is -2.25. The van der Waals surface area contributed by atoms with Crippen LogP contribution in [0, 0.1) is 0 Å². The molecule has 0 aliphatic rings. The van der Waals surface area contributed by atoms with Gasteiger partial charge in [0.15, 0.2) is 11.5 Å². The Balaban J connectivity index is 0.00000676. The zero-order valence-electron chi connectivity index (χ0n) is 15.7. The van der Waals surface area contributed by atoms with E-state index in [1.807, 2.05) is 0 Å². The number of hydrogen-bond donors (Lipinski definition) is 4. The molecule has 0 aromatic heterocycles. The molecule has 27 heavy (non-hydrogen) atoms. The number of nitrogens with two attached hydrogens (primary N) is 1. The van der Waals surface area contributed by atoms with Crippen LogP contribution in [0.3, 0.4) is 0 Å². The zero-order chi connectivity index (χ0) is 19.9. The fourth-order valence-electron chi connectivity index (χ4n) is 2.10. The maximum absolute atomic E-state index is 12.2. The van der Waals surface area contributed by atoms with Crippen molar-refractivity contribution < 1.29 is 29.0 Å². The van der Waals surface area contributed by atoms with Crippen LogP contribution >= 0.6 is 12.4 Å². The van der Waals surface area contributed by atoms with Gasteiger partial charge in [-0.25, -0.2) is 9.59 Å². The molecule has 2 amide bonds. The van der Waals surface area contributed by atoms with Gasteiger partial charge in [-0.15, -0.1) is 12.4 Å². The van der Waals surface area contributed by atoms with Crippen molar-refractivity contribution in [2.75, 3.05) is 13.7 Å². The molecule has 1 aromatic carbocycles. The highest BCUT2D eigenvalue weighted by Crippen LogP contribution is 2.27. The minimum absolute atomic E-state index is 0. The number of phenols is 1. The molecule has 9 nitrogen and oxygen atoms in total. The van der Waals surface area contributed by atoms with Crippen LogP contribution in [0.1, 0.15) is 26.3 Å². The van der Waals surface area contributed by atoms with Crippen molar-refractivity contribution >= 4 is 30.4 Å². The Morgan fingerprint density at radius 2 is 1.93 bits per heavy atom. The number of phenolic OH excluding ortho intramolecular Hbond substituents is 1. The maximum Gasteiger partial charge on any atom is 0.412 e. The number of methoxy groups -OCH3 is 1. The summed E-state index contributed by atoms with van der Waals surface area (Å²) in [4.78, 5) is 35.3. The number of esters is 1. The van der Waals surface area contributed by atoms with Crippen molar-refractivity contribution in [1.29, 1.82) is 0 Å². The first kappa shape index (κ1) is 24.5. The normalized spacial score (nSPS) is 11.6. The van der Waals surface area contributed by atoms with Gasteiger partial charge in [-0.1, -0.05) is 6.07 Å². The summed E-state index contributed by atoms with van der Waals surface area (Å²) in [6, 6.07) is 3.36. The number of hydrogen-bond acceptors (Lipinski definition) is 7. The smallest absolute Gasteiger partial charge is 0.412 e. The highest BCUT2D eigenvalue weighted by molar-refractivity contribution is 5.89. The number of amides is 2. The lowest BCUT2D eigenvalue weighted by Crippen LogP contribution is -2.55. The van der Waals surface area contributed by atoms with Gasteiger partial charge in [0.25, 0.3) is 0 Å². The number of carbonyl (C=O) groups excluding carboxylic acids is 3. The molecule has 5 N–H and O–H groups in total. The van der Waals surface area contributed by atoms with Crippen LogP contribution in [0.25, 0.3) is 0 Å². The monoisotopic (exact) mass is 403 g/mol. The predicted octanol–water partition coefficient (Wildman–Crippen LogP) is 0.860. The number of benzene rings is 1. The molecule has 0 saturated heterocycles. The van der Waals surface area contributed by atoms with Crippen molar-refractivity contribution in [3.63, 3.8) is 0 Å². The number of carbonyl (C=O) groups is 3. The second-order valence-corrected chi connectivity index (χ2v) is 6.14. The molecule has 0 unspecified atom stereocenters. The van der Waals surface area contributed by atoms with Gasteiger partial charge in [0, 0.05) is 6.54 Å². The largest absolute Gasteiger partial charge is 0.504 e. The van der Waals surface area contributed by atoms with Gasteiger partial charge in [-0.3, -0.25) is 4.79 Å². The van der Waals surface area contributed by atoms with Crippen LogP contribution in [0.15, 0.2) is 18.2 Å². The van der Waals surface area contributed by atoms with E-state index in [4.69, 9.17) is 10.5 Å². The van der Waals surface area contributed by atoms with Gasteiger partial charge in [-0.2, -0.15) is 0 Å². The van der Waals surface area contributed by atoms with Crippen molar-refractivity contribution in [2.24, 2.45) is 5.73 Å². The summed E-state index contributed by atoms with van der Waals surface area (Å²) in [5.41, 5.74) is 5.24. The highest BCUT2D eigenvalue weighted by atomic mass is 35.5. The summed E-state index contributed by atoms with van der Waals surface area (Å²) in [6.07, 6.45) is -0.600. The SMILES string of the molecule is CCNC(=O)Oc1cc(C[C@H](N)C(=O)NC(C)(C)C(=O)OC)ccc1O.Cl. The minimum atomic E-state index is -1.22. The number of halogens is 1. The molecule has 1 aromatic rings. The molecular weight excluding hydrogens is 378 g/mol. The average Bonchev–Trinajstić information content (AvgIpc) is 2.56. The van der Waals surface area contributed by atoms with Gasteiger partial charge in [0.1, 0.15) is 5.54 Å².